The first-order valence-electron chi connectivity index (χ1n) is 3.88. The molecule has 0 aliphatic carbocycles. The summed E-state index contributed by atoms with van der Waals surface area (Å²) in [5, 5.41) is 12.2. The number of halogens is 1. The van der Waals surface area contributed by atoms with Gasteiger partial charge in [-0.05, 0) is 21.4 Å². The van der Waals surface area contributed by atoms with Crippen molar-refractivity contribution in [2.45, 2.75) is 0 Å². The second kappa shape index (κ2) is 3.34. The van der Waals surface area contributed by atoms with Crippen LogP contribution in [-0.2, 0) is 0 Å². The molecule has 1 aromatic carbocycles. The second-order valence-corrected chi connectivity index (χ2v) is 3.50. The Bertz CT molecular complexity index is 513. The maximum atomic E-state index is 10.5. The molecule has 1 aromatic heterocycles. The van der Waals surface area contributed by atoms with E-state index in [0.717, 1.165) is 10.8 Å². The average Bonchev–Trinajstić information content (AvgIpc) is 2.17. The van der Waals surface area contributed by atoms with Gasteiger partial charge in [0.15, 0.2) is 0 Å². The number of pyridine rings is 1. The van der Waals surface area contributed by atoms with Gasteiger partial charge >= 0.3 is 5.82 Å². The van der Waals surface area contributed by atoms with Gasteiger partial charge in [-0.3, -0.25) is 0 Å². The number of hydrogen-bond donors (Lipinski definition) is 0. The fourth-order valence-corrected chi connectivity index (χ4v) is 1.78. The van der Waals surface area contributed by atoms with E-state index in [1.165, 1.54) is 6.07 Å². The highest BCUT2D eigenvalue weighted by Gasteiger charge is 2.12. The lowest BCUT2D eigenvalue weighted by molar-refractivity contribution is -0.389. The third-order valence-electron chi connectivity index (χ3n) is 1.87. The molecule has 0 fully saturated rings. The molecule has 0 saturated heterocycles. The SMILES string of the molecule is O=[N+]([O-])c1cc2ccccc2c(Br)n1. The smallest absolute Gasteiger partial charge is 0.358 e. The first-order chi connectivity index (χ1) is 6.68. The molecule has 0 aliphatic heterocycles. The number of nitro groups is 1. The lowest BCUT2D eigenvalue weighted by Crippen LogP contribution is -1.92. The molecule has 0 radical (unpaired) electrons. The maximum absolute atomic E-state index is 10.5. The summed E-state index contributed by atoms with van der Waals surface area (Å²) in [4.78, 5) is 13.8. The summed E-state index contributed by atoms with van der Waals surface area (Å²) in [6.07, 6.45) is 0. The fraction of sp³-hybridized carbons (Fsp3) is 0. The van der Waals surface area contributed by atoms with Crippen LogP contribution in [0.3, 0.4) is 0 Å². The number of fused-ring (bicyclic) bond motifs is 1. The molecule has 4 nitrogen and oxygen atoms in total. The predicted octanol–water partition coefficient (Wildman–Crippen LogP) is 2.91. The Morgan fingerprint density at radius 2 is 2.07 bits per heavy atom. The highest BCUT2D eigenvalue weighted by molar-refractivity contribution is 9.10. The molecular weight excluding hydrogens is 248 g/mol. The molecule has 0 unspecified atom stereocenters. The van der Waals surface area contributed by atoms with E-state index >= 15 is 0 Å². The molecule has 0 N–H and O–H groups in total. The zero-order valence-electron chi connectivity index (χ0n) is 6.98. The maximum Gasteiger partial charge on any atom is 0.365 e. The van der Waals surface area contributed by atoms with Crippen LogP contribution in [0.5, 0.6) is 0 Å². The number of rotatable bonds is 1. The van der Waals surface area contributed by atoms with Gasteiger partial charge in [0.1, 0.15) is 0 Å². The van der Waals surface area contributed by atoms with Gasteiger partial charge in [-0.25, -0.2) is 0 Å². The molecule has 2 aromatic rings. The van der Waals surface area contributed by atoms with E-state index in [0.29, 0.717) is 4.60 Å². The minimum absolute atomic E-state index is 0.143. The van der Waals surface area contributed by atoms with Gasteiger partial charge in [0.05, 0.1) is 0 Å². The third-order valence-corrected chi connectivity index (χ3v) is 2.47. The Morgan fingerprint density at radius 3 is 2.79 bits per heavy atom. The average molecular weight is 253 g/mol. The van der Waals surface area contributed by atoms with Crippen molar-refractivity contribution in [2.75, 3.05) is 0 Å². The summed E-state index contributed by atoms with van der Waals surface area (Å²) in [6.45, 7) is 0. The molecule has 0 bridgehead atoms. The van der Waals surface area contributed by atoms with E-state index in [9.17, 15) is 10.1 Å². The minimum Gasteiger partial charge on any atom is -0.358 e. The number of benzene rings is 1. The highest BCUT2D eigenvalue weighted by atomic mass is 79.9. The van der Waals surface area contributed by atoms with Crippen LogP contribution < -0.4 is 0 Å². The van der Waals surface area contributed by atoms with Gasteiger partial charge in [-0.15, -0.1) is 0 Å². The van der Waals surface area contributed by atoms with E-state index in [4.69, 9.17) is 0 Å². The Morgan fingerprint density at radius 1 is 1.36 bits per heavy atom. The van der Waals surface area contributed by atoms with E-state index in [-0.39, 0.29) is 5.82 Å². The number of nitrogens with zero attached hydrogens (tertiary/aromatic N) is 2. The largest absolute Gasteiger partial charge is 0.365 e. The fourth-order valence-electron chi connectivity index (χ4n) is 1.24. The standard InChI is InChI=1S/C9H5BrN2O2/c10-9-7-4-2-1-3-6(7)5-8(11-9)12(13)14/h1-5H. The van der Waals surface area contributed by atoms with E-state index in [2.05, 4.69) is 20.9 Å². The van der Waals surface area contributed by atoms with Crippen molar-refractivity contribution in [3.8, 4) is 0 Å². The highest BCUT2D eigenvalue weighted by Crippen LogP contribution is 2.25. The van der Waals surface area contributed by atoms with Crippen LogP contribution in [0.1, 0.15) is 0 Å². The van der Waals surface area contributed by atoms with Crippen molar-refractivity contribution in [3.05, 3.63) is 45.0 Å². The molecule has 0 amide bonds. The van der Waals surface area contributed by atoms with Gasteiger partial charge < -0.3 is 10.1 Å². The van der Waals surface area contributed by atoms with Crippen LogP contribution in [0.15, 0.2) is 34.9 Å². The van der Waals surface area contributed by atoms with Gasteiger partial charge in [0, 0.05) is 27.4 Å². The normalized spacial score (nSPS) is 10.4. The Hall–Kier alpha value is -1.49. The van der Waals surface area contributed by atoms with Crippen molar-refractivity contribution in [1.82, 2.24) is 4.98 Å². The Balaban J connectivity index is 2.78. The third kappa shape index (κ3) is 1.46. The van der Waals surface area contributed by atoms with E-state index in [1.54, 1.807) is 0 Å². The quantitative estimate of drug-likeness (QED) is 0.446. The van der Waals surface area contributed by atoms with Crippen LogP contribution in [0.25, 0.3) is 10.8 Å². The summed E-state index contributed by atoms with van der Waals surface area (Å²) >= 11 is 3.20. The molecule has 5 heteroatoms. The Labute approximate surface area is 87.9 Å². The van der Waals surface area contributed by atoms with E-state index in [1.807, 2.05) is 24.3 Å². The van der Waals surface area contributed by atoms with Gasteiger partial charge in [0.25, 0.3) is 0 Å². The summed E-state index contributed by atoms with van der Waals surface area (Å²) in [6, 6.07) is 8.82. The molecule has 0 atom stereocenters. The van der Waals surface area contributed by atoms with Crippen LogP contribution in [0.2, 0.25) is 0 Å². The zero-order chi connectivity index (χ0) is 10.1. The lowest BCUT2D eigenvalue weighted by Gasteiger charge is -1.97. The number of aromatic nitrogens is 1. The van der Waals surface area contributed by atoms with Crippen molar-refractivity contribution >= 4 is 32.5 Å². The zero-order valence-corrected chi connectivity index (χ0v) is 8.56. The topological polar surface area (TPSA) is 56.0 Å². The summed E-state index contributed by atoms with van der Waals surface area (Å²) in [5.41, 5.74) is 0. The lowest BCUT2D eigenvalue weighted by atomic mass is 10.2. The van der Waals surface area contributed by atoms with Crippen LogP contribution in [0.4, 0.5) is 5.82 Å². The molecule has 2 rings (SSSR count). The van der Waals surface area contributed by atoms with Gasteiger partial charge in [-0.1, -0.05) is 18.2 Å². The molecule has 0 aliphatic rings. The minimum atomic E-state index is -0.503. The van der Waals surface area contributed by atoms with Crippen LogP contribution >= 0.6 is 15.9 Å². The van der Waals surface area contributed by atoms with Crippen LogP contribution in [0, 0.1) is 10.1 Å². The van der Waals surface area contributed by atoms with Crippen molar-refractivity contribution < 1.29 is 4.92 Å². The van der Waals surface area contributed by atoms with Crippen molar-refractivity contribution in [3.63, 3.8) is 0 Å². The molecule has 1 heterocycles. The summed E-state index contributed by atoms with van der Waals surface area (Å²) in [7, 11) is 0. The van der Waals surface area contributed by atoms with Crippen molar-refractivity contribution in [2.24, 2.45) is 0 Å². The molecule has 0 saturated carbocycles. The molecule has 0 spiro atoms. The van der Waals surface area contributed by atoms with Gasteiger partial charge in [-0.2, -0.15) is 0 Å². The predicted molar refractivity (Wildman–Crippen MR) is 56.1 cm³/mol. The summed E-state index contributed by atoms with van der Waals surface area (Å²) in [5.74, 6) is -0.143. The first-order valence-corrected chi connectivity index (χ1v) is 4.67. The van der Waals surface area contributed by atoms with Gasteiger partial charge in [0.2, 0.25) is 4.60 Å². The number of hydrogen-bond acceptors (Lipinski definition) is 3. The molecule has 70 valence electrons. The molecular formula is C9H5BrN2O2. The van der Waals surface area contributed by atoms with Crippen molar-refractivity contribution in [1.29, 1.82) is 0 Å². The summed E-state index contributed by atoms with van der Waals surface area (Å²) < 4.78 is 0.502. The first kappa shape index (κ1) is 9.08. The molecule has 14 heavy (non-hydrogen) atoms. The Kier molecular flexibility index (Phi) is 2.17. The monoisotopic (exact) mass is 252 g/mol. The second-order valence-electron chi connectivity index (χ2n) is 2.75. The van der Waals surface area contributed by atoms with Crippen LogP contribution in [-0.4, -0.2) is 9.91 Å². The van der Waals surface area contributed by atoms with E-state index < -0.39 is 4.92 Å².